The van der Waals surface area contributed by atoms with E-state index < -0.39 is 0 Å². The molecule has 0 heterocycles. The Kier molecular flexibility index (Phi) is 3.55. The van der Waals surface area contributed by atoms with Gasteiger partial charge >= 0.3 is 0 Å². The first-order valence-electron chi connectivity index (χ1n) is 4.79. The minimum atomic E-state index is -0.0608. The topological polar surface area (TPSA) is 55.6 Å². The van der Waals surface area contributed by atoms with Gasteiger partial charge in [0.1, 0.15) is 5.75 Å². The van der Waals surface area contributed by atoms with Crippen LogP contribution in [-0.2, 0) is 0 Å². The summed E-state index contributed by atoms with van der Waals surface area (Å²) in [7, 11) is 3.27. The van der Waals surface area contributed by atoms with Crippen LogP contribution in [0.25, 0.3) is 0 Å². The van der Waals surface area contributed by atoms with Crippen molar-refractivity contribution in [2.45, 2.75) is 6.92 Å². The van der Waals surface area contributed by atoms with E-state index in [1.54, 1.807) is 30.1 Å². The maximum Gasteiger partial charge on any atom is 0.257 e. The number of carbonyl (C=O) groups is 1. The van der Waals surface area contributed by atoms with Gasteiger partial charge in [-0.05, 0) is 19.1 Å². The lowest BCUT2D eigenvalue weighted by Gasteiger charge is -2.16. The molecule has 4 nitrogen and oxygen atoms in total. The van der Waals surface area contributed by atoms with Crippen molar-refractivity contribution in [1.29, 1.82) is 0 Å². The number of nitrogens with zero attached hydrogens (tertiary/aromatic N) is 1. The Balaban J connectivity index is 3.08. The monoisotopic (exact) mass is 208 g/mol. The van der Waals surface area contributed by atoms with E-state index in [0.717, 1.165) is 0 Å². The third-order valence-electron chi connectivity index (χ3n) is 2.28. The van der Waals surface area contributed by atoms with E-state index in [1.807, 2.05) is 6.92 Å². The Labute approximate surface area is 89.6 Å². The van der Waals surface area contributed by atoms with Gasteiger partial charge in [0.25, 0.3) is 5.91 Å². The average molecular weight is 208 g/mol. The van der Waals surface area contributed by atoms with Gasteiger partial charge in [-0.1, -0.05) is 0 Å². The lowest BCUT2D eigenvalue weighted by Crippen LogP contribution is -2.26. The van der Waals surface area contributed by atoms with Crippen molar-refractivity contribution in [3.05, 3.63) is 23.8 Å². The summed E-state index contributed by atoms with van der Waals surface area (Å²) in [4.78, 5) is 13.5. The van der Waals surface area contributed by atoms with Crippen molar-refractivity contribution in [3.8, 4) is 5.75 Å². The highest BCUT2D eigenvalue weighted by molar-refractivity contribution is 5.97. The van der Waals surface area contributed by atoms with Crippen LogP contribution >= 0.6 is 0 Å². The summed E-state index contributed by atoms with van der Waals surface area (Å²) in [6, 6.07) is 5.03. The van der Waals surface area contributed by atoms with E-state index >= 15 is 0 Å². The maximum atomic E-state index is 11.9. The molecule has 0 spiro atoms. The van der Waals surface area contributed by atoms with E-state index in [1.165, 1.54) is 7.11 Å². The molecular formula is C11H16N2O2. The highest BCUT2D eigenvalue weighted by Crippen LogP contribution is 2.22. The predicted octanol–water partition coefficient (Wildman–Crippen LogP) is 1.37. The number of methoxy groups -OCH3 is 1. The summed E-state index contributed by atoms with van der Waals surface area (Å²) in [5, 5.41) is 0. The fraction of sp³-hybridized carbons (Fsp3) is 0.364. The van der Waals surface area contributed by atoms with E-state index in [4.69, 9.17) is 10.5 Å². The Morgan fingerprint density at radius 1 is 1.53 bits per heavy atom. The molecule has 4 heteroatoms. The standard InChI is InChI=1S/C11H16N2O2/c1-4-13(2)11(14)9-6-5-8(12)7-10(9)15-3/h5-7H,4,12H2,1-3H3. The van der Waals surface area contributed by atoms with E-state index in [0.29, 0.717) is 23.5 Å². The van der Waals surface area contributed by atoms with Crippen molar-refractivity contribution in [2.24, 2.45) is 0 Å². The molecular weight excluding hydrogens is 192 g/mol. The highest BCUT2D eigenvalue weighted by atomic mass is 16.5. The fourth-order valence-corrected chi connectivity index (χ4v) is 1.23. The van der Waals surface area contributed by atoms with Crippen molar-refractivity contribution in [3.63, 3.8) is 0 Å². The summed E-state index contributed by atoms with van der Waals surface area (Å²) in [5.74, 6) is 0.453. The number of carbonyl (C=O) groups excluding carboxylic acids is 1. The molecule has 0 atom stereocenters. The number of rotatable bonds is 3. The van der Waals surface area contributed by atoms with Crippen LogP contribution in [0, 0.1) is 0 Å². The third kappa shape index (κ3) is 2.40. The molecule has 0 aliphatic carbocycles. The Hall–Kier alpha value is -1.71. The second kappa shape index (κ2) is 4.68. The number of nitrogen functional groups attached to an aromatic ring is 1. The first-order valence-corrected chi connectivity index (χ1v) is 4.79. The van der Waals surface area contributed by atoms with Crippen molar-refractivity contribution in [2.75, 3.05) is 26.4 Å². The number of nitrogens with two attached hydrogens (primary N) is 1. The first kappa shape index (κ1) is 11.4. The van der Waals surface area contributed by atoms with Gasteiger partial charge in [-0.2, -0.15) is 0 Å². The zero-order valence-corrected chi connectivity index (χ0v) is 9.28. The molecule has 0 aromatic heterocycles. The van der Waals surface area contributed by atoms with Gasteiger partial charge in [-0.3, -0.25) is 4.79 Å². The second-order valence-electron chi connectivity index (χ2n) is 3.28. The fourth-order valence-electron chi connectivity index (χ4n) is 1.23. The van der Waals surface area contributed by atoms with Gasteiger partial charge in [-0.25, -0.2) is 0 Å². The van der Waals surface area contributed by atoms with Gasteiger partial charge in [0, 0.05) is 25.3 Å². The van der Waals surface area contributed by atoms with Crippen LogP contribution in [0.5, 0.6) is 5.75 Å². The van der Waals surface area contributed by atoms with E-state index in [9.17, 15) is 4.79 Å². The molecule has 1 amide bonds. The number of benzene rings is 1. The minimum absolute atomic E-state index is 0.0608. The molecule has 82 valence electrons. The van der Waals surface area contributed by atoms with Gasteiger partial charge < -0.3 is 15.4 Å². The zero-order valence-electron chi connectivity index (χ0n) is 9.28. The van der Waals surface area contributed by atoms with Crippen LogP contribution in [0.3, 0.4) is 0 Å². The molecule has 15 heavy (non-hydrogen) atoms. The number of amides is 1. The van der Waals surface area contributed by atoms with Crippen LogP contribution in [0.4, 0.5) is 5.69 Å². The molecule has 0 saturated heterocycles. The van der Waals surface area contributed by atoms with Crippen molar-refractivity contribution in [1.82, 2.24) is 4.90 Å². The van der Waals surface area contributed by atoms with Gasteiger partial charge in [-0.15, -0.1) is 0 Å². The quantitative estimate of drug-likeness (QED) is 0.763. The Bertz CT molecular complexity index is 364. The Morgan fingerprint density at radius 2 is 2.20 bits per heavy atom. The molecule has 0 saturated carbocycles. The van der Waals surface area contributed by atoms with Crippen LogP contribution in [0.2, 0.25) is 0 Å². The maximum absolute atomic E-state index is 11.9. The molecule has 0 fully saturated rings. The first-order chi connectivity index (χ1) is 7.10. The average Bonchev–Trinajstić information content (AvgIpc) is 2.26. The summed E-state index contributed by atoms with van der Waals surface area (Å²) >= 11 is 0. The van der Waals surface area contributed by atoms with Crippen LogP contribution in [0.1, 0.15) is 17.3 Å². The number of hydrogen-bond acceptors (Lipinski definition) is 3. The highest BCUT2D eigenvalue weighted by Gasteiger charge is 2.15. The lowest BCUT2D eigenvalue weighted by molar-refractivity contribution is 0.0799. The summed E-state index contributed by atoms with van der Waals surface area (Å²) in [6.45, 7) is 2.58. The molecule has 1 aromatic rings. The molecule has 0 unspecified atom stereocenters. The molecule has 0 aliphatic heterocycles. The minimum Gasteiger partial charge on any atom is -0.496 e. The SMILES string of the molecule is CCN(C)C(=O)c1ccc(N)cc1OC. The summed E-state index contributed by atoms with van der Waals surface area (Å²) < 4.78 is 5.11. The smallest absolute Gasteiger partial charge is 0.257 e. The predicted molar refractivity (Wildman–Crippen MR) is 60.0 cm³/mol. The van der Waals surface area contributed by atoms with Crippen LogP contribution < -0.4 is 10.5 Å². The molecule has 1 aromatic carbocycles. The van der Waals surface area contributed by atoms with Gasteiger partial charge in [0.05, 0.1) is 12.7 Å². The number of ether oxygens (including phenoxy) is 1. The second-order valence-corrected chi connectivity index (χ2v) is 3.28. The normalized spacial score (nSPS) is 9.80. The molecule has 1 rings (SSSR count). The molecule has 0 bridgehead atoms. The number of hydrogen-bond donors (Lipinski definition) is 1. The van der Waals surface area contributed by atoms with Crippen LogP contribution in [0.15, 0.2) is 18.2 Å². The zero-order chi connectivity index (χ0) is 11.4. The van der Waals surface area contributed by atoms with Gasteiger partial charge in [0.2, 0.25) is 0 Å². The lowest BCUT2D eigenvalue weighted by atomic mass is 10.1. The largest absolute Gasteiger partial charge is 0.496 e. The number of anilines is 1. The van der Waals surface area contributed by atoms with E-state index in [2.05, 4.69) is 0 Å². The molecule has 0 radical (unpaired) electrons. The Morgan fingerprint density at radius 3 is 2.73 bits per heavy atom. The van der Waals surface area contributed by atoms with Gasteiger partial charge in [0.15, 0.2) is 0 Å². The third-order valence-corrected chi connectivity index (χ3v) is 2.28. The molecule has 0 aliphatic rings. The van der Waals surface area contributed by atoms with E-state index in [-0.39, 0.29) is 5.91 Å². The summed E-state index contributed by atoms with van der Waals surface area (Å²) in [6.07, 6.45) is 0. The summed E-state index contributed by atoms with van der Waals surface area (Å²) in [5.41, 5.74) is 6.73. The van der Waals surface area contributed by atoms with Crippen LogP contribution in [-0.4, -0.2) is 31.5 Å². The van der Waals surface area contributed by atoms with Crippen molar-refractivity contribution < 1.29 is 9.53 Å². The van der Waals surface area contributed by atoms with Crippen molar-refractivity contribution >= 4 is 11.6 Å². The molecule has 2 N–H and O–H groups in total.